The molecule has 146 valence electrons. The number of hydrogen-bond acceptors (Lipinski definition) is 6. The van der Waals surface area contributed by atoms with E-state index in [1.54, 1.807) is 0 Å². The average Bonchev–Trinajstić information content (AvgIpc) is 2.48. The number of alkyl halides is 3. The second-order valence-corrected chi connectivity index (χ2v) is 12.1. The van der Waals surface area contributed by atoms with Gasteiger partial charge in [0.25, 0.3) is 0 Å². The summed E-state index contributed by atoms with van der Waals surface area (Å²) in [5.41, 5.74) is 0.0267. The number of halogens is 3. The summed E-state index contributed by atoms with van der Waals surface area (Å²) >= 11 is 0. The van der Waals surface area contributed by atoms with Gasteiger partial charge in [-0.1, -0.05) is 26.2 Å². The molecule has 0 aromatic carbocycles. The summed E-state index contributed by atoms with van der Waals surface area (Å²) in [6.45, 7) is 8.42. The van der Waals surface area contributed by atoms with Crippen molar-refractivity contribution in [2.24, 2.45) is 0 Å². The summed E-state index contributed by atoms with van der Waals surface area (Å²) in [7, 11) is -1.59. The molecule has 0 heterocycles. The number of esters is 2. The van der Waals surface area contributed by atoms with E-state index in [0.29, 0.717) is 6.23 Å². The van der Waals surface area contributed by atoms with Crippen molar-refractivity contribution in [3.63, 3.8) is 0 Å². The second kappa shape index (κ2) is 9.93. The van der Waals surface area contributed by atoms with E-state index in [4.69, 9.17) is 4.74 Å². The first-order chi connectivity index (χ1) is 11.3. The molecule has 2 unspecified atom stereocenters. The molecule has 0 aliphatic rings. The summed E-state index contributed by atoms with van der Waals surface area (Å²) < 4.78 is 51.3. The summed E-state index contributed by atoms with van der Waals surface area (Å²) in [4.78, 5) is 23.3. The van der Waals surface area contributed by atoms with Gasteiger partial charge < -0.3 is 14.6 Å². The number of aliphatic hydroxyl groups excluding tert-OH is 1. The van der Waals surface area contributed by atoms with Crippen LogP contribution in [-0.2, 0) is 23.8 Å². The fourth-order valence-corrected chi connectivity index (χ4v) is 1.91. The Labute approximate surface area is 145 Å². The third-order valence-electron chi connectivity index (χ3n) is 2.64. The Bertz CT molecular complexity index is 476. The zero-order valence-electron chi connectivity index (χ0n) is 14.8. The van der Waals surface area contributed by atoms with Crippen molar-refractivity contribution in [3.05, 3.63) is 12.2 Å². The van der Waals surface area contributed by atoms with Crippen LogP contribution in [0.1, 0.15) is 19.8 Å². The van der Waals surface area contributed by atoms with Gasteiger partial charge in [0.15, 0.2) is 6.67 Å². The standard InChI is InChI=1S/C15H25F3O6Si/c1-10(13(21)22-9-25(3,4)5)6-7-12(20)23-14(11(2)19)24-15(17,18)8-16/h11,14,19H,1,6-9H2,2-5H3. The van der Waals surface area contributed by atoms with E-state index < -0.39 is 45.2 Å². The average molecular weight is 386 g/mol. The Morgan fingerprint density at radius 2 is 1.80 bits per heavy atom. The van der Waals surface area contributed by atoms with Crippen molar-refractivity contribution in [2.75, 3.05) is 12.9 Å². The van der Waals surface area contributed by atoms with Crippen LogP contribution < -0.4 is 0 Å². The summed E-state index contributed by atoms with van der Waals surface area (Å²) in [6, 6.07) is 0. The number of aliphatic hydroxyl groups is 1. The van der Waals surface area contributed by atoms with Crippen LogP contribution in [0.4, 0.5) is 13.2 Å². The van der Waals surface area contributed by atoms with E-state index in [0.717, 1.165) is 6.92 Å². The molecule has 0 spiro atoms. The maximum Gasteiger partial charge on any atom is 0.387 e. The normalized spacial score (nSPS) is 14.6. The molecule has 0 fully saturated rings. The Morgan fingerprint density at radius 3 is 2.24 bits per heavy atom. The fourth-order valence-electron chi connectivity index (χ4n) is 1.35. The smallest absolute Gasteiger partial charge is 0.387 e. The lowest BCUT2D eigenvalue weighted by Crippen LogP contribution is -2.39. The Balaban J connectivity index is 4.43. The van der Waals surface area contributed by atoms with Crippen molar-refractivity contribution in [1.82, 2.24) is 0 Å². The Morgan fingerprint density at radius 1 is 1.24 bits per heavy atom. The van der Waals surface area contributed by atoms with Crippen LogP contribution >= 0.6 is 0 Å². The predicted octanol–water partition coefficient (Wildman–Crippen LogP) is 2.57. The third kappa shape index (κ3) is 11.0. The lowest BCUT2D eigenvalue weighted by Gasteiger charge is -2.24. The van der Waals surface area contributed by atoms with Gasteiger partial charge in [-0.25, -0.2) is 9.18 Å². The van der Waals surface area contributed by atoms with E-state index in [1.807, 2.05) is 19.6 Å². The van der Waals surface area contributed by atoms with Crippen LogP contribution in [0.5, 0.6) is 0 Å². The molecule has 6 nitrogen and oxygen atoms in total. The molecule has 0 aromatic rings. The fraction of sp³-hybridized carbons (Fsp3) is 0.733. The molecule has 0 rings (SSSR count). The maximum atomic E-state index is 12.8. The van der Waals surface area contributed by atoms with E-state index in [-0.39, 0.29) is 18.4 Å². The number of carbonyl (C=O) groups is 2. The highest BCUT2D eigenvalue weighted by atomic mass is 28.3. The summed E-state index contributed by atoms with van der Waals surface area (Å²) in [6.07, 6.45) is -8.02. The van der Waals surface area contributed by atoms with Crippen molar-refractivity contribution < 1.29 is 42.1 Å². The monoisotopic (exact) mass is 386 g/mol. The maximum absolute atomic E-state index is 12.8. The van der Waals surface area contributed by atoms with Gasteiger partial charge in [0.05, 0.1) is 14.3 Å². The minimum absolute atomic E-state index is 0.0267. The molecule has 0 aromatic heterocycles. The summed E-state index contributed by atoms with van der Waals surface area (Å²) in [5.74, 6) is -1.66. The van der Waals surface area contributed by atoms with Gasteiger partial charge in [0.1, 0.15) is 6.10 Å². The number of carbonyl (C=O) groups excluding carboxylic acids is 2. The first-order valence-corrected chi connectivity index (χ1v) is 11.3. The molecule has 0 radical (unpaired) electrons. The van der Waals surface area contributed by atoms with Crippen molar-refractivity contribution >= 4 is 20.0 Å². The van der Waals surface area contributed by atoms with Crippen LogP contribution in [0, 0.1) is 0 Å². The zero-order valence-corrected chi connectivity index (χ0v) is 15.8. The molecule has 10 heteroatoms. The van der Waals surface area contributed by atoms with Gasteiger partial charge in [-0.2, -0.15) is 8.78 Å². The largest absolute Gasteiger partial charge is 0.466 e. The molecule has 0 aliphatic heterocycles. The van der Waals surface area contributed by atoms with Gasteiger partial charge in [0, 0.05) is 12.0 Å². The van der Waals surface area contributed by atoms with Crippen LogP contribution in [0.3, 0.4) is 0 Å². The van der Waals surface area contributed by atoms with E-state index in [2.05, 4.69) is 16.1 Å². The minimum Gasteiger partial charge on any atom is -0.466 e. The third-order valence-corrected chi connectivity index (χ3v) is 3.65. The lowest BCUT2D eigenvalue weighted by atomic mass is 10.2. The molecular weight excluding hydrogens is 361 g/mol. The minimum atomic E-state index is -4.19. The zero-order chi connectivity index (χ0) is 19.8. The van der Waals surface area contributed by atoms with Crippen molar-refractivity contribution in [1.29, 1.82) is 0 Å². The number of rotatable bonds is 11. The van der Waals surface area contributed by atoms with Gasteiger partial charge in [-0.15, -0.1) is 0 Å². The van der Waals surface area contributed by atoms with Gasteiger partial charge in [-0.05, 0) is 13.3 Å². The molecule has 25 heavy (non-hydrogen) atoms. The molecule has 1 N–H and O–H groups in total. The second-order valence-electron chi connectivity index (χ2n) is 6.73. The van der Waals surface area contributed by atoms with E-state index in [9.17, 15) is 27.9 Å². The first kappa shape index (κ1) is 23.6. The number of ether oxygens (including phenoxy) is 3. The van der Waals surface area contributed by atoms with Gasteiger partial charge in [-0.3, -0.25) is 9.53 Å². The highest BCUT2D eigenvalue weighted by Gasteiger charge is 2.37. The van der Waals surface area contributed by atoms with Crippen LogP contribution in [0.25, 0.3) is 0 Å². The van der Waals surface area contributed by atoms with E-state index in [1.165, 1.54) is 0 Å². The topological polar surface area (TPSA) is 82.1 Å². The molecule has 0 saturated heterocycles. The van der Waals surface area contributed by atoms with Gasteiger partial charge in [0.2, 0.25) is 6.29 Å². The quantitative estimate of drug-likeness (QED) is 0.254. The molecule has 0 aliphatic carbocycles. The molecule has 0 saturated carbocycles. The highest BCUT2D eigenvalue weighted by Crippen LogP contribution is 2.21. The predicted molar refractivity (Wildman–Crippen MR) is 86.2 cm³/mol. The van der Waals surface area contributed by atoms with Gasteiger partial charge >= 0.3 is 18.0 Å². The van der Waals surface area contributed by atoms with Crippen LogP contribution in [0.2, 0.25) is 19.6 Å². The Hall–Kier alpha value is -1.39. The van der Waals surface area contributed by atoms with Crippen molar-refractivity contribution in [3.8, 4) is 0 Å². The summed E-state index contributed by atoms with van der Waals surface area (Å²) in [5, 5.41) is 9.29. The molecule has 0 amide bonds. The highest BCUT2D eigenvalue weighted by molar-refractivity contribution is 6.76. The lowest BCUT2D eigenvalue weighted by molar-refractivity contribution is -0.328. The molecular formula is C15H25F3O6Si. The first-order valence-electron chi connectivity index (χ1n) is 7.61. The van der Waals surface area contributed by atoms with Crippen LogP contribution in [-0.4, -0.2) is 56.5 Å². The van der Waals surface area contributed by atoms with Crippen molar-refractivity contribution in [2.45, 2.75) is 57.9 Å². The Kier molecular flexibility index (Phi) is 9.37. The number of hydrogen-bond donors (Lipinski definition) is 1. The SMILES string of the molecule is C=C(CCC(=O)OC(OC(F)(F)CF)C(C)O)C(=O)OC[Si](C)(C)C. The molecule has 2 atom stereocenters. The van der Waals surface area contributed by atoms with Crippen LogP contribution in [0.15, 0.2) is 12.2 Å². The van der Waals surface area contributed by atoms with E-state index >= 15 is 0 Å². The molecule has 0 bridgehead atoms.